The average molecular weight is 265 g/mol. The fourth-order valence-electron chi connectivity index (χ4n) is 3.10. The fourth-order valence-corrected chi connectivity index (χ4v) is 3.28. The number of hydrogen-bond donors (Lipinski definition) is 1. The van der Waals surface area contributed by atoms with Crippen molar-refractivity contribution in [1.29, 1.82) is 0 Å². The largest absolute Gasteiger partial charge is 0.334 e. The summed E-state index contributed by atoms with van der Waals surface area (Å²) < 4.78 is 0. The van der Waals surface area contributed by atoms with Crippen molar-refractivity contribution in [2.24, 2.45) is 5.73 Å². The second-order valence-electron chi connectivity index (χ2n) is 5.18. The summed E-state index contributed by atoms with van der Waals surface area (Å²) in [6, 6.07) is 5.89. The molecule has 3 rings (SSSR count). The fraction of sp³-hybridized carbons (Fsp3) is 0.500. The lowest BCUT2D eigenvalue weighted by atomic mass is 9.87. The van der Waals surface area contributed by atoms with Gasteiger partial charge in [0.1, 0.15) is 0 Å². The van der Waals surface area contributed by atoms with Crippen LogP contribution in [0.2, 0.25) is 5.02 Å². The molecule has 0 saturated carbocycles. The van der Waals surface area contributed by atoms with E-state index >= 15 is 0 Å². The van der Waals surface area contributed by atoms with Gasteiger partial charge in [0.15, 0.2) is 0 Å². The van der Waals surface area contributed by atoms with Gasteiger partial charge in [-0.05, 0) is 48.9 Å². The number of nitrogens with zero attached hydrogens (tertiary/aromatic N) is 1. The Balaban J connectivity index is 1.96. The molecule has 2 aliphatic rings. The van der Waals surface area contributed by atoms with Gasteiger partial charge in [-0.25, -0.2) is 0 Å². The van der Waals surface area contributed by atoms with E-state index in [2.05, 4.69) is 6.07 Å². The minimum absolute atomic E-state index is 0.0906. The van der Waals surface area contributed by atoms with Crippen molar-refractivity contribution < 1.29 is 4.79 Å². The van der Waals surface area contributed by atoms with Crippen LogP contribution in [-0.2, 0) is 11.2 Å². The van der Waals surface area contributed by atoms with Crippen LogP contribution in [0.3, 0.4) is 0 Å². The van der Waals surface area contributed by atoms with E-state index in [0.29, 0.717) is 0 Å². The van der Waals surface area contributed by atoms with Crippen LogP contribution in [0.1, 0.15) is 36.4 Å². The monoisotopic (exact) mass is 264 g/mol. The van der Waals surface area contributed by atoms with E-state index in [9.17, 15) is 4.79 Å². The molecule has 0 bridgehead atoms. The Kier molecular flexibility index (Phi) is 3.04. The summed E-state index contributed by atoms with van der Waals surface area (Å²) in [5, 5.41) is 0.747. The lowest BCUT2D eigenvalue weighted by molar-refractivity contribution is -0.131. The number of likely N-dealkylation sites (tertiary alicyclic amines) is 1. The first-order chi connectivity index (χ1) is 8.66. The summed E-state index contributed by atoms with van der Waals surface area (Å²) in [6.45, 7) is 0.774. The lowest BCUT2D eigenvalue weighted by Crippen LogP contribution is -2.37. The Morgan fingerprint density at radius 1 is 1.33 bits per heavy atom. The molecular formula is C14H17ClN2O. The molecule has 96 valence electrons. The maximum Gasteiger partial charge on any atom is 0.240 e. The second-order valence-corrected chi connectivity index (χ2v) is 5.61. The normalized spacial score (nSPS) is 27.4. The van der Waals surface area contributed by atoms with E-state index in [0.717, 1.165) is 37.3 Å². The van der Waals surface area contributed by atoms with Gasteiger partial charge in [-0.3, -0.25) is 4.79 Å². The molecule has 2 atom stereocenters. The van der Waals surface area contributed by atoms with Gasteiger partial charge in [0.25, 0.3) is 0 Å². The molecule has 1 aromatic carbocycles. The van der Waals surface area contributed by atoms with Crippen LogP contribution < -0.4 is 5.73 Å². The molecule has 0 aromatic heterocycles. The van der Waals surface area contributed by atoms with Crippen molar-refractivity contribution in [3.05, 3.63) is 34.3 Å². The summed E-state index contributed by atoms with van der Waals surface area (Å²) in [4.78, 5) is 14.0. The molecule has 1 saturated heterocycles. The zero-order chi connectivity index (χ0) is 12.7. The Hall–Kier alpha value is -1.06. The highest BCUT2D eigenvalue weighted by atomic mass is 35.5. The number of hydrogen-bond acceptors (Lipinski definition) is 2. The molecule has 18 heavy (non-hydrogen) atoms. The second kappa shape index (κ2) is 4.56. The highest BCUT2D eigenvalue weighted by Gasteiger charge is 2.36. The van der Waals surface area contributed by atoms with Crippen molar-refractivity contribution in [2.45, 2.75) is 37.8 Å². The van der Waals surface area contributed by atoms with Crippen LogP contribution in [0, 0.1) is 0 Å². The van der Waals surface area contributed by atoms with Crippen LogP contribution in [0.4, 0.5) is 0 Å². The van der Waals surface area contributed by atoms with E-state index in [4.69, 9.17) is 17.3 Å². The summed E-state index contributed by atoms with van der Waals surface area (Å²) in [7, 11) is 0. The summed E-state index contributed by atoms with van der Waals surface area (Å²) in [5.74, 6) is 0.0906. The molecule has 1 heterocycles. The molecule has 4 heteroatoms. The van der Waals surface area contributed by atoms with E-state index in [1.54, 1.807) is 0 Å². The molecule has 1 fully saturated rings. The number of nitrogens with two attached hydrogens (primary N) is 1. The Morgan fingerprint density at radius 2 is 2.17 bits per heavy atom. The number of rotatable bonds is 1. The lowest BCUT2D eigenvalue weighted by Gasteiger charge is -2.33. The van der Waals surface area contributed by atoms with Gasteiger partial charge in [0.05, 0.1) is 12.1 Å². The zero-order valence-corrected chi connectivity index (χ0v) is 11.0. The Morgan fingerprint density at radius 3 is 2.89 bits per heavy atom. The number of aryl methyl sites for hydroxylation is 1. The molecule has 1 aliphatic heterocycles. The smallest absolute Gasteiger partial charge is 0.240 e. The SMILES string of the molecule is NC1CCN([C@@H]2CCCc3ccc(Cl)cc32)C1=O. The summed E-state index contributed by atoms with van der Waals surface area (Å²) >= 11 is 6.09. The molecule has 1 amide bonds. The first kappa shape index (κ1) is 12.0. The van der Waals surface area contributed by atoms with Gasteiger partial charge < -0.3 is 10.6 Å². The van der Waals surface area contributed by atoms with E-state index < -0.39 is 0 Å². The molecule has 1 aliphatic carbocycles. The third kappa shape index (κ3) is 1.91. The number of benzene rings is 1. The quantitative estimate of drug-likeness (QED) is 0.846. The van der Waals surface area contributed by atoms with Crippen LogP contribution >= 0.6 is 11.6 Å². The van der Waals surface area contributed by atoms with E-state index in [1.807, 2.05) is 17.0 Å². The number of carbonyl (C=O) groups excluding carboxylic acids is 1. The van der Waals surface area contributed by atoms with Crippen LogP contribution in [0.25, 0.3) is 0 Å². The van der Waals surface area contributed by atoms with Crippen molar-refractivity contribution in [2.75, 3.05) is 6.54 Å². The number of halogens is 1. The molecular weight excluding hydrogens is 248 g/mol. The number of carbonyl (C=O) groups is 1. The maximum absolute atomic E-state index is 12.1. The van der Waals surface area contributed by atoms with Crippen molar-refractivity contribution >= 4 is 17.5 Å². The first-order valence-corrected chi connectivity index (χ1v) is 6.89. The van der Waals surface area contributed by atoms with E-state index in [-0.39, 0.29) is 18.0 Å². The highest BCUT2D eigenvalue weighted by Crippen LogP contribution is 2.37. The van der Waals surface area contributed by atoms with Gasteiger partial charge in [-0.2, -0.15) is 0 Å². The maximum atomic E-state index is 12.1. The molecule has 1 unspecified atom stereocenters. The molecule has 3 nitrogen and oxygen atoms in total. The van der Waals surface area contributed by atoms with Gasteiger partial charge in [-0.15, -0.1) is 0 Å². The minimum atomic E-state index is -0.311. The highest BCUT2D eigenvalue weighted by molar-refractivity contribution is 6.30. The first-order valence-electron chi connectivity index (χ1n) is 6.51. The van der Waals surface area contributed by atoms with Gasteiger partial charge in [0, 0.05) is 11.6 Å². The molecule has 0 spiro atoms. The Bertz CT molecular complexity index is 489. The Labute approximate surface area is 112 Å². The summed E-state index contributed by atoms with van der Waals surface area (Å²) in [6.07, 6.45) is 3.99. The topological polar surface area (TPSA) is 46.3 Å². The van der Waals surface area contributed by atoms with E-state index in [1.165, 1.54) is 11.1 Å². The van der Waals surface area contributed by atoms with Gasteiger partial charge in [-0.1, -0.05) is 17.7 Å². The standard InChI is InChI=1S/C14H17ClN2O/c15-10-5-4-9-2-1-3-13(11(9)8-10)17-7-6-12(16)14(17)18/h4-5,8,12-13H,1-3,6-7,16H2/t12?,13-/m1/s1. The predicted molar refractivity (Wildman–Crippen MR) is 71.4 cm³/mol. The van der Waals surface area contributed by atoms with Gasteiger partial charge in [0.2, 0.25) is 5.91 Å². The zero-order valence-electron chi connectivity index (χ0n) is 10.2. The molecule has 1 aromatic rings. The third-order valence-electron chi connectivity index (χ3n) is 4.05. The van der Waals surface area contributed by atoms with Crippen molar-refractivity contribution in [3.8, 4) is 0 Å². The number of fused-ring (bicyclic) bond motifs is 1. The van der Waals surface area contributed by atoms with Crippen LogP contribution in [-0.4, -0.2) is 23.4 Å². The van der Waals surface area contributed by atoms with Crippen LogP contribution in [0.5, 0.6) is 0 Å². The third-order valence-corrected chi connectivity index (χ3v) is 4.28. The summed E-state index contributed by atoms with van der Waals surface area (Å²) in [5.41, 5.74) is 8.35. The minimum Gasteiger partial charge on any atom is -0.334 e. The molecule has 0 radical (unpaired) electrons. The number of amides is 1. The van der Waals surface area contributed by atoms with Crippen LogP contribution in [0.15, 0.2) is 18.2 Å². The predicted octanol–water partition coefficient (Wildman–Crippen LogP) is 2.28. The van der Waals surface area contributed by atoms with Gasteiger partial charge >= 0.3 is 0 Å². The van der Waals surface area contributed by atoms with Crippen molar-refractivity contribution in [1.82, 2.24) is 4.90 Å². The molecule has 2 N–H and O–H groups in total. The van der Waals surface area contributed by atoms with Crippen molar-refractivity contribution in [3.63, 3.8) is 0 Å². The average Bonchev–Trinajstić information content (AvgIpc) is 2.69.